The van der Waals surface area contributed by atoms with Crippen LogP contribution in [0.15, 0.2) is 0 Å². The van der Waals surface area contributed by atoms with Crippen LogP contribution in [0.4, 0.5) is 0 Å². The molecule has 0 aromatic carbocycles. The monoisotopic (exact) mass is 398 g/mol. The van der Waals surface area contributed by atoms with Gasteiger partial charge in [-0.25, -0.2) is 4.57 Å². The minimum absolute atomic E-state index is 0.0113. The second-order valence-corrected chi connectivity index (χ2v) is 8.76. The van der Waals surface area contributed by atoms with E-state index in [0.717, 1.165) is 11.8 Å². The van der Waals surface area contributed by atoms with Crippen molar-refractivity contribution in [1.82, 2.24) is 10.6 Å². The van der Waals surface area contributed by atoms with Crippen molar-refractivity contribution in [2.24, 2.45) is 5.41 Å². The Bertz CT molecular complexity index is 519. The van der Waals surface area contributed by atoms with Crippen LogP contribution in [0.1, 0.15) is 27.7 Å². The largest absolute Gasteiger partial charge is 0.474 e. The fourth-order valence-corrected chi connectivity index (χ4v) is 3.18. The van der Waals surface area contributed by atoms with Crippen molar-refractivity contribution in [3.63, 3.8) is 0 Å². The maximum atomic E-state index is 12.2. The zero-order chi connectivity index (χ0) is 19.7. The van der Waals surface area contributed by atoms with Crippen LogP contribution in [0.25, 0.3) is 0 Å². The first kappa shape index (κ1) is 24.1. The summed E-state index contributed by atoms with van der Waals surface area (Å²) >= 11 is 0.999. The van der Waals surface area contributed by atoms with E-state index in [4.69, 9.17) is 4.52 Å². The molecule has 0 aliphatic carbocycles. The molecule has 9 nitrogen and oxygen atoms in total. The summed E-state index contributed by atoms with van der Waals surface area (Å²) < 4.78 is 25.9. The van der Waals surface area contributed by atoms with E-state index in [-0.39, 0.29) is 35.8 Å². The number of hydrogen-bond acceptors (Lipinski definition) is 8. The van der Waals surface area contributed by atoms with Gasteiger partial charge in [0.2, 0.25) is 11.8 Å². The molecule has 2 N–H and O–H groups in total. The van der Waals surface area contributed by atoms with Gasteiger partial charge in [-0.2, -0.15) is 0 Å². The molecule has 1 unspecified atom stereocenters. The van der Waals surface area contributed by atoms with Crippen molar-refractivity contribution in [2.75, 3.05) is 33.1 Å². The Morgan fingerprint density at radius 1 is 1.20 bits per heavy atom. The Kier molecular flexibility index (Phi) is 10.5. The van der Waals surface area contributed by atoms with Crippen molar-refractivity contribution in [3.8, 4) is 0 Å². The number of thioether (sulfide) groups is 1. The minimum Gasteiger partial charge on any atom is -0.353 e. The number of carbonyl (C=O) groups excluding carboxylic acids is 3. The molecule has 25 heavy (non-hydrogen) atoms. The van der Waals surface area contributed by atoms with Crippen LogP contribution >= 0.6 is 19.6 Å². The van der Waals surface area contributed by atoms with Gasteiger partial charge in [0.25, 0.3) is 0 Å². The van der Waals surface area contributed by atoms with E-state index in [1.807, 2.05) is 0 Å². The molecule has 0 aliphatic rings. The van der Waals surface area contributed by atoms with Crippen molar-refractivity contribution in [2.45, 2.75) is 33.7 Å². The number of rotatable bonds is 11. The molecular formula is C14H27N2O7PS. The van der Waals surface area contributed by atoms with Gasteiger partial charge in [0, 0.05) is 33.4 Å². The zero-order valence-corrected chi connectivity index (χ0v) is 17.1. The molecule has 11 heteroatoms. The molecule has 2 amide bonds. The average molecular weight is 398 g/mol. The molecule has 0 aromatic rings. The first-order chi connectivity index (χ1) is 11.5. The van der Waals surface area contributed by atoms with E-state index in [1.54, 1.807) is 20.8 Å². The van der Waals surface area contributed by atoms with Crippen LogP contribution in [0.3, 0.4) is 0 Å². The fraction of sp³-hybridized carbons (Fsp3) is 0.786. The highest BCUT2D eigenvalue weighted by Crippen LogP contribution is 2.47. The highest BCUT2D eigenvalue weighted by atomic mass is 32.2. The third-order valence-corrected chi connectivity index (χ3v) is 5.66. The summed E-state index contributed by atoms with van der Waals surface area (Å²) in [6.45, 7) is 6.40. The number of carbonyl (C=O) groups is 3. The maximum Gasteiger partial charge on any atom is 0.474 e. The number of amides is 2. The Morgan fingerprint density at radius 3 is 2.24 bits per heavy atom. The predicted octanol–water partition coefficient (Wildman–Crippen LogP) is 1.33. The van der Waals surface area contributed by atoms with E-state index in [0.29, 0.717) is 0 Å². The van der Waals surface area contributed by atoms with Gasteiger partial charge in [0.1, 0.15) is 6.04 Å². The first-order valence-electron chi connectivity index (χ1n) is 7.55. The van der Waals surface area contributed by atoms with Gasteiger partial charge in [-0.3, -0.25) is 28.0 Å². The molecule has 1 atom stereocenters. The third-order valence-electron chi connectivity index (χ3n) is 3.08. The molecule has 0 radical (unpaired) electrons. The SMILES string of the molecule is COP(=O)(OC)OCCSC(=O)C(C)(C)CNC(=O)C(C)NC(C)=O. The average Bonchev–Trinajstić information content (AvgIpc) is 2.55. The van der Waals surface area contributed by atoms with Gasteiger partial charge in [-0.1, -0.05) is 25.6 Å². The lowest BCUT2D eigenvalue weighted by atomic mass is 9.95. The van der Waals surface area contributed by atoms with Crippen molar-refractivity contribution in [3.05, 3.63) is 0 Å². The Hall–Kier alpha value is -0.930. The normalized spacial score (nSPS) is 13.2. The lowest BCUT2D eigenvalue weighted by molar-refractivity contribution is -0.128. The Labute approximate surface area is 152 Å². The summed E-state index contributed by atoms with van der Waals surface area (Å²) in [6, 6.07) is -0.679. The molecule has 0 saturated heterocycles. The molecule has 0 rings (SSSR count). The molecule has 0 aliphatic heterocycles. The van der Waals surface area contributed by atoms with Crippen LogP contribution in [0.2, 0.25) is 0 Å². The fourth-order valence-electron chi connectivity index (χ4n) is 1.56. The molecule has 0 heterocycles. The highest BCUT2D eigenvalue weighted by molar-refractivity contribution is 8.13. The second kappa shape index (κ2) is 10.9. The lowest BCUT2D eigenvalue weighted by Gasteiger charge is -2.24. The number of phosphoric acid groups is 1. The van der Waals surface area contributed by atoms with Crippen LogP contribution in [0, 0.1) is 5.41 Å². The van der Waals surface area contributed by atoms with Crippen molar-refractivity contribution < 1.29 is 32.5 Å². The second-order valence-electron chi connectivity index (χ2n) is 5.81. The predicted molar refractivity (Wildman–Crippen MR) is 95.1 cm³/mol. The topological polar surface area (TPSA) is 120 Å². The maximum absolute atomic E-state index is 12.2. The molecule has 146 valence electrons. The molecule has 0 bridgehead atoms. The number of hydrogen-bond donors (Lipinski definition) is 2. The zero-order valence-electron chi connectivity index (χ0n) is 15.4. The first-order valence-corrected chi connectivity index (χ1v) is 10.00. The quantitative estimate of drug-likeness (QED) is 0.395. The summed E-state index contributed by atoms with van der Waals surface area (Å²) in [5.74, 6) is -0.418. The van der Waals surface area contributed by atoms with Gasteiger partial charge >= 0.3 is 7.82 Å². The Balaban J connectivity index is 4.30. The van der Waals surface area contributed by atoms with Crippen molar-refractivity contribution >= 4 is 36.5 Å². The molecule has 0 fully saturated rings. The van der Waals surface area contributed by atoms with E-state index < -0.39 is 19.3 Å². The van der Waals surface area contributed by atoms with Crippen molar-refractivity contribution in [1.29, 1.82) is 0 Å². The third kappa shape index (κ3) is 9.37. The van der Waals surface area contributed by atoms with Gasteiger partial charge in [-0.15, -0.1) is 0 Å². The lowest BCUT2D eigenvalue weighted by Crippen LogP contribution is -2.47. The summed E-state index contributed by atoms with van der Waals surface area (Å²) in [4.78, 5) is 35.0. The number of phosphoric ester groups is 1. The summed E-state index contributed by atoms with van der Waals surface area (Å²) in [7, 11) is -1.14. The summed E-state index contributed by atoms with van der Waals surface area (Å²) in [6.07, 6.45) is 0. The Morgan fingerprint density at radius 2 is 1.76 bits per heavy atom. The highest BCUT2D eigenvalue weighted by Gasteiger charge is 2.29. The van der Waals surface area contributed by atoms with E-state index in [9.17, 15) is 18.9 Å². The van der Waals surface area contributed by atoms with Crippen LogP contribution in [0.5, 0.6) is 0 Å². The standard InChI is InChI=1S/C14H27N2O7PS/c1-10(16-11(2)17)12(18)15-9-14(3,4)13(19)25-8-7-23-24(20,21-5)22-6/h10H,7-9H2,1-6H3,(H,15,18)(H,16,17). The smallest absolute Gasteiger partial charge is 0.353 e. The van der Waals surface area contributed by atoms with E-state index in [2.05, 4.69) is 19.7 Å². The molecular weight excluding hydrogens is 371 g/mol. The molecule has 0 saturated carbocycles. The number of nitrogens with one attached hydrogen (secondary N) is 2. The van der Waals surface area contributed by atoms with Gasteiger partial charge in [0.15, 0.2) is 5.12 Å². The van der Waals surface area contributed by atoms with E-state index >= 15 is 0 Å². The van der Waals surface area contributed by atoms with Gasteiger partial charge in [-0.05, 0) is 6.92 Å². The van der Waals surface area contributed by atoms with Gasteiger partial charge in [0.05, 0.1) is 12.0 Å². The van der Waals surface area contributed by atoms with Gasteiger partial charge < -0.3 is 10.6 Å². The minimum atomic E-state index is -3.55. The molecule has 0 aromatic heterocycles. The van der Waals surface area contributed by atoms with Crippen LogP contribution in [-0.2, 0) is 32.5 Å². The summed E-state index contributed by atoms with van der Waals surface area (Å²) in [5, 5.41) is 4.95. The van der Waals surface area contributed by atoms with Crippen LogP contribution < -0.4 is 10.6 Å². The van der Waals surface area contributed by atoms with E-state index in [1.165, 1.54) is 21.1 Å². The molecule has 0 spiro atoms. The summed E-state index contributed by atoms with van der Waals surface area (Å²) in [5.41, 5.74) is -0.817. The van der Waals surface area contributed by atoms with Crippen LogP contribution in [-0.4, -0.2) is 56.1 Å².